The van der Waals surface area contributed by atoms with Crippen molar-refractivity contribution in [3.05, 3.63) is 34.9 Å². The first-order chi connectivity index (χ1) is 9.54. The average Bonchev–Trinajstić information content (AvgIpc) is 2.41. The van der Waals surface area contributed by atoms with Crippen molar-refractivity contribution in [2.24, 2.45) is 5.92 Å². The highest BCUT2D eigenvalue weighted by Gasteiger charge is 2.11. The number of hydrogen-bond acceptors (Lipinski definition) is 2. The Morgan fingerprint density at radius 2 is 1.90 bits per heavy atom. The van der Waals surface area contributed by atoms with E-state index in [9.17, 15) is 0 Å². The van der Waals surface area contributed by atoms with Gasteiger partial charge in [0, 0.05) is 6.61 Å². The Kier molecular flexibility index (Phi) is 7.86. The molecule has 1 unspecified atom stereocenters. The van der Waals surface area contributed by atoms with Gasteiger partial charge in [-0.25, -0.2) is 0 Å². The molecule has 0 heterocycles. The van der Waals surface area contributed by atoms with Gasteiger partial charge < -0.3 is 10.1 Å². The maximum atomic E-state index is 5.87. The summed E-state index contributed by atoms with van der Waals surface area (Å²) in [6.07, 6.45) is 2.28. The molecule has 0 fully saturated rings. The molecular formula is C18H31NO. The summed E-state index contributed by atoms with van der Waals surface area (Å²) in [5, 5.41) is 3.60. The van der Waals surface area contributed by atoms with Crippen molar-refractivity contribution in [3.63, 3.8) is 0 Å². The summed E-state index contributed by atoms with van der Waals surface area (Å²) in [5.74, 6) is 0.707. The first kappa shape index (κ1) is 17.2. The minimum atomic E-state index is 0.307. The van der Waals surface area contributed by atoms with Crippen LogP contribution < -0.4 is 5.32 Å². The highest BCUT2D eigenvalue weighted by molar-refractivity contribution is 5.31. The van der Waals surface area contributed by atoms with Crippen molar-refractivity contribution in [1.29, 1.82) is 0 Å². The molecule has 0 saturated heterocycles. The molecule has 0 aliphatic heterocycles. The SMILES string of the molecule is CCCNC(COCCC(C)C)c1ccc(C)c(C)c1. The lowest BCUT2D eigenvalue weighted by atomic mass is 10.0. The van der Waals surface area contributed by atoms with Crippen molar-refractivity contribution in [2.75, 3.05) is 19.8 Å². The van der Waals surface area contributed by atoms with Crippen molar-refractivity contribution in [3.8, 4) is 0 Å². The van der Waals surface area contributed by atoms with Gasteiger partial charge in [0.25, 0.3) is 0 Å². The molecule has 0 aliphatic rings. The molecule has 0 amide bonds. The van der Waals surface area contributed by atoms with Crippen LogP contribution in [0.1, 0.15) is 56.3 Å². The molecule has 1 atom stereocenters. The Morgan fingerprint density at radius 1 is 1.15 bits per heavy atom. The molecule has 0 spiro atoms. The van der Waals surface area contributed by atoms with Gasteiger partial charge in [-0.3, -0.25) is 0 Å². The van der Waals surface area contributed by atoms with Crippen LogP contribution in [0.25, 0.3) is 0 Å². The Labute approximate surface area is 124 Å². The predicted octanol–water partition coefficient (Wildman–Crippen LogP) is 4.41. The second kappa shape index (κ2) is 9.15. The minimum Gasteiger partial charge on any atom is -0.379 e. The maximum Gasteiger partial charge on any atom is 0.0661 e. The summed E-state index contributed by atoms with van der Waals surface area (Å²) in [7, 11) is 0. The zero-order chi connectivity index (χ0) is 15.0. The number of nitrogens with one attached hydrogen (secondary N) is 1. The molecule has 0 aliphatic carbocycles. The van der Waals surface area contributed by atoms with Gasteiger partial charge in [0.15, 0.2) is 0 Å². The van der Waals surface area contributed by atoms with Gasteiger partial charge in [0.2, 0.25) is 0 Å². The van der Waals surface area contributed by atoms with Crippen LogP contribution in [-0.4, -0.2) is 19.8 Å². The lowest BCUT2D eigenvalue weighted by molar-refractivity contribution is 0.102. The molecule has 20 heavy (non-hydrogen) atoms. The van der Waals surface area contributed by atoms with Crippen LogP contribution in [0.2, 0.25) is 0 Å². The molecule has 0 bridgehead atoms. The lowest BCUT2D eigenvalue weighted by Gasteiger charge is -2.20. The van der Waals surface area contributed by atoms with E-state index < -0.39 is 0 Å². The summed E-state index contributed by atoms with van der Waals surface area (Å²) in [6.45, 7) is 13.7. The minimum absolute atomic E-state index is 0.307. The highest BCUT2D eigenvalue weighted by Crippen LogP contribution is 2.18. The maximum absolute atomic E-state index is 5.87. The van der Waals surface area contributed by atoms with Gasteiger partial charge in [0.05, 0.1) is 12.6 Å². The third kappa shape index (κ3) is 6.06. The van der Waals surface area contributed by atoms with Gasteiger partial charge in [-0.15, -0.1) is 0 Å². The van der Waals surface area contributed by atoms with Crippen molar-refractivity contribution >= 4 is 0 Å². The van der Waals surface area contributed by atoms with Crippen molar-refractivity contribution in [2.45, 2.75) is 53.5 Å². The van der Waals surface area contributed by atoms with E-state index in [0.717, 1.165) is 32.6 Å². The van der Waals surface area contributed by atoms with E-state index in [4.69, 9.17) is 4.74 Å². The van der Waals surface area contributed by atoms with Gasteiger partial charge >= 0.3 is 0 Å². The van der Waals surface area contributed by atoms with E-state index in [-0.39, 0.29) is 0 Å². The standard InChI is InChI=1S/C18H31NO/c1-6-10-19-18(13-20-11-9-14(2)3)17-8-7-15(4)16(5)12-17/h7-8,12,14,18-19H,6,9-11,13H2,1-5H3. The summed E-state index contributed by atoms with van der Waals surface area (Å²) in [6, 6.07) is 7.02. The third-order valence-corrected chi connectivity index (χ3v) is 3.70. The number of hydrogen-bond donors (Lipinski definition) is 1. The third-order valence-electron chi connectivity index (χ3n) is 3.70. The first-order valence-corrected chi connectivity index (χ1v) is 7.92. The van der Waals surface area contributed by atoms with Crippen molar-refractivity contribution < 1.29 is 4.74 Å². The van der Waals surface area contributed by atoms with Crippen LogP contribution in [0, 0.1) is 19.8 Å². The summed E-state index contributed by atoms with van der Waals surface area (Å²) < 4.78 is 5.87. The van der Waals surface area contributed by atoms with E-state index in [1.165, 1.54) is 16.7 Å². The fraction of sp³-hybridized carbons (Fsp3) is 0.667. The molecule has 0 radical (unpaired) electrons. The van der Waals surface area contributed by atoms with Crippen molar-refractivity contribution in [1.82, 2.24) is 5.32 Å². The normalized spacial score (nSPS) is 12.9. The smallest absolute Gasteiger partial charge is 0.0661 e. The average molecular weight is 277 g/mol. The van der Waals surface area contributed by atoms with Gasteiger partial charge in [-0.05, 0) is 55.8 Å². The van der Waals surface area contributed by atoms with Gasteiger partial charge in [-0.2, -0.15) is 0 Å². The quantitative estimate of drug-likeness (QED) is 0.675. The van der Waals surface area contributed by atoms with Crippen LogP contribution in [0.3, 0.4) is 0 Å². The summed E-state index contributed by atoms with van der Waals surface area (Å²) in [5.41, 5.74) is 4.04. The van der Waals surface area contributed by atoms with E-state index in [1.54, 1.807) is 0 Å². The largest absolute Gasteiger partial charge is 0.379 e. The molecule has 2 nitrogen and oxygen atoms in total. The van der Waals surface area contributed by atoms with Crippen LogP contribution in [0.5, 0.6) is 0 Å². The number of ether oxygens (including phenoxy) is 1. The number of benzene rings is 1. The van der Waals surface area contributed by atoms with E-state index in [0.29, 0.717) is 12.0 Å². The monoisotopic (exact) mass is 277 g/mol. The molecule has 0 saturated carbocycles. The molecule has 1 aromatic rings. The number of aryl methyl sites for hydroxylation is 2. The Hall–Kier alpha value is -0.860. The van der Waals surface area contributed by atoms with E-state index >= 15 is 0 Å². The fourth-order valence-corrected chi connectivity index (χ4v) is 2.09. The molecule has 1 rings (SSSR count). The van der Waals surface area contributed by atoms with Gasteiger partial charge in [-0.1, -0.05) is 39.0 Å². The Bertz CT molecular complexity index is 387. The topological polar surface area (TPSA) is 21.3 Å². The second-order valence-corrected chi connectivity index (χ2v) is 6.11. The van der Waals surface area contributed by atoms with Gasteiger partial charge in [0.1, 0.15) is 0 Å². The van der Waals surface area contributed by atoms with Crippen LogP contribution in [0.4, 0.5) is 0 Å². The predicted molar refractivity (Wildman–Crippen MR) is 87.2 cm³/mol. The zero-order valence-corrected chi connectivity index (χ0v) is 13.8. The molecule has 1 N–H and O–H groups in total. The second-order valence-electron chi connectivity index (χ2n) is 6.11. The highest BCUT2D eigenvalue weighted by atomic mass is 16.5. The Balaban J connectivity index is 2.60. The van der Waals surface area contributed by atoms with Crippen LogP contribution in [0.15, 0.2) is 18.2 Å². The lowest BCUT2D eigenvalue weighted by Crippen LogP contribution is -2.26. The van der Waals surface area contributed by atoms with Crippen LogP contribution >= 0.6 is 0 Å². The number of rotatable bonds is 9. The zero-order valence-electron chi connectivity index (χ0n) is 13.8. The van der Waals surface area contributed by atoms with Crippen LogP contribution in [-0.2, 0) is 4.74 Å². The summed E-state index contributed by atoms with van der Waals surface area (Å²) in [4.78, 5) is 0. The summed E-state index contributed by atoms with van der Waals surface area (Å²) >= 11 is 0. The van der Waals surface area contributed by atoms with E-state index in [1.807, 2.05) is 0 Å². The van der Waals surface area contributed by atoms with E-state index in [2.05, 4.69) is 58.1 Å². The first-order valence-electron chi connectivity index (χ1n) is 7.92. The Morgan fingerprint density at radius 3 is 2.50 bits per heavy atom. The molecule has 2 heteroatoms. The molecule has 1 aromatic carbocycles. The molecule has 114 valence electrons. The fourth-order valence-electron chi connectivity index (χ4n) is 2.09. The molecule has 0 aromatic heterocycles. The molecular weight excluding hydrogens is 246 g/mol.